The van der Waals surface area contributed by atoms with Gasteiger partial charge in [-0.25, -0.2) is 9.78 Å². The molecule has 6 rings (SSSR count). The van der Waals surface area contributed by atoms with Crippen molar-refractivity contribution in [1.82, 2.24) is 15.3 Å². The third kappa shape index (κ3) is 5.31. The number of fused-ring (bicyclic) bond motifs is 3. The summed E-state index contributed by atoms with van der Waals surface area (Å²) in [6.07, 6.45) is 7.97. The van der Waals surface area contributed by atoms with Crippen molar-refractivity contribution in [2.24, 2.45) is 23.5 Å². The molecule has 4 aliphatic rings. The SMILES string of the molecule is CCN1C(=O)[C@H](NC(=O)C2CC2)CCc2c1ccc(Nc1ncc(Cl)c(N[C@H]3[C@@H](OC(N)=O)[C@@H]4C=C[C@H]3C4)n1)c2OC. The number of likely N-dealkylation sites (N-methyl/N-ethyl adjacent to an activating group) is 1. The van der Waals surface area contributed by atoms with E-state index in [2.05, 4.69) is 32.0 Å². The Balaban J connectivity index is 1.24. The lowest BCUT2D eigenvalue weighted by atomic mass is 9.98. The van der Waals surface area contributed by atoms with E-state index < -0.39 is 18.2 Å². The third-order valence-corrected chi connectivity index (χ3v) is 8.77. The average molecular weight is 596 g/mol. The molecule has 42 heavy (non-hydrogen) atoms. The molecule has 2 fully saturated rings. The summed E-state index contributed by atoms with van der Waals surface area (Å²) < 4.78 is 11.3. The predicted molar refractivity (Wildman–Crippen MR) is 157 cm³/mol. The molecule has 13 heteroatoms. The van der Waals surface area contributed by atoms with Gasteiger partial charge in [0, 0.05) is 29.9 Å². The zero-order valence-electron chi connectivity index (χ0n) is 23.4. The number of hydrogen-bond acceptors (Lipinski definition) is 9. The van der Waals surface area contributed by atoms with Gasteiger partial charge in [0.1, 0.15) is 22.9 Å². The molecule has 2 aromatic rings. The number of nitrogens with one attached hydrogen (secondary N) is 3. The van der Waals surface area contributed by atoms with Crippen LogP contribution in [0.1, 0.15) is 38.2 Å². The molecule has 3 amide bonds. The van der Waals surface area contributed by atoms with E-state index in [1.807, 2.05) is 25.1 Å². The Labute approximate surface area is 248 Å². The number of halogens is 1. The highest BCUT2D eigenvalue weighted by Crippen LogP contribution is 2.44. The van der Waals surface area contributed by atoms with Crippen molar-refractivity contribution >= 4 is 52.6 Å². The predicted octanol–water partition coefficient (Wildman–Crippen LogP) is 3.53. The normalized spacial score (nSPS) is 25.9. The number of carbonyl (C=O) groups excluding carboxylic acids is 3. The first-order valence-electron chi connectivity index (χ1n) is 14.3. The van der Waals surface area contributed by atoms with Gasteiger partial charge in [-0.15, -0.1) is 0 Å². The molecule has 1 aromatic heterocycles. The molecule has 0 radical (unpaired) electrons. The molecule has 5 N–H and O–H groups in total. The highest BCUT2D eigenvalue weighted by molar-refractivity contribution is 6.32. The van der Waals surface area contributed by atoms with Crippen LogP contribution in [-0.4, -0.2) is 59.7 Å². The van der Waals surface area contributed by atoms with E-state index in [0.717, 1.165) is 30.5 Å². The van der Waals surface area contributed by atoms with Crippen molar-refractivity contribution in [3.05, 3.63) is 41.1 Å². The number of methoxy groups -OCH3 is 1. The zero-order chi connectivity index (χ0) is 29.5. The smallest absolute Gasteiger partial charge is 0.404 e. The average Bonchev–Trinajstić information content (AvgIpc) is 3.67. The van der Waals surface area contributed by atoms with Gasteiger partial charge in [-0.3, -0.25) is 9.59 Å². The largest absolute Gasteiger partial charge is 0.494 e. The summed E-state index contributed by atoms with van der Waals surface area (Å²) >= 11 is 6.47. The molecule has 2 bridgehead atoms. The molecule has 2 heterocycles. The zero-order valence-corrected chi connectivity index (χ0v) is 24.2. The maximum absolute atomic E-state index is 13.4. The summed E-state index contributed by atoms with van der Waals surface area (Å²) in [4.78, 5) is 48.1. The Morgan fingerprint density at radius 1 is 1.19 bits per heavy atom. The lowest BCUT2D eigenvalue weighted by Crippen LogP contribution is -2.48. The van der Waals surface area contributed by atoms with E-state index in [4.69, 9.17) is 26.8 Å². The first-order chi connectivity index (χ1) is 20.3. The van der Waals surface area contributed by atoms with Crippen molar-refractivity contribution < 1.29 is 23.9 Å². The van der Waals surface area contributed by atoms with E-state index in [1.165, 1.54) is 6.20 Å². The molecule has 2 saturated carbocycles. The molecular weight excluding hydrogens is 562 g/mol. The van der Waals surface area contributed by atoms with Crippen LogP contribution in [-0.2, 0) is 20.7 Å². The first kappa shape index (κ1) is 28.1. The maximum Gasteiger partial charge on any atom is 0.404 e. The van der Waals surface area contributed by atoms with Crippen LogP contribution in [0.3, 0.4) is 0 Å². The summed E-state index contributed by atoms with van der Waals surface area (Å²) in [6.45, 7) is 2.36. The molecular formula is C29H34ClN7O5. The number of carbonyl (C=O) groups is 3. The van der Waals surface area contributed by atoms with Gasteiger partial charge in [0.25, 0.3) is 0 Å². The highest BCUT2D eigenvalue weighted by Gasteiger charge is 2.47. The number of benzene rings is 1. The monoisotopic (exact) mass is 595 g/mol. The van der Waals surface area contributed by atoms with Gasteiger partial charge in [0.05, 0.1) is 30.7 Å². The van der Waals surface area contributed by atoms with Gasteiger partial charge in [0.2, 0.25) is 17.8 Å². The lowest BCUT2D eigenvalue weighted by molar-refractivity contribution is -0.128. The molecule has 0 spiro atoms. The number of amides is 3. The summed E-state index contributed by atoms with van der Waals surface area (Å²) in [7, 11) is 1.58. The fourth-order valence-corrected chi connectivity index (χ4v) is 6.47. The number of nitrogens with zero attached hydrogens (tertiary/aromatic N) is 3. The van der Waals surface area contributed by atoms with Gasteiger partial charge in [-0.05, 0) is 51.2 Å². The number of rotatable bonds is 9. The fraction of sp³-hybridized carbons (Fsp3) is 0.483. The molecule has 3 aliphatic carbocycles. The molecule has 12 nitrogen and oxygen atoms in total. The number of primary amides is 1. The Morgan fingerprint density at radius 2 is 1.98 bits per heavy atom. The minimum Gasteiger partial charge on any atom is -0.494 e. The summed E-state index contributed by atoms with van der Waals surface area (Å²) in [6, 6.07) is 2.86. The standard InChI is InChI=1S/C29H34ClN7O5/c1-3-37-21-11-10-19(24(41-2)17(21)8-9-20(27(37)39)33-26(38)14-4-5-14)34-29-32-13-18(30)25(36-29)35-22-15-6-7-16(12-15)23(22)42-28(31)40/h6-7,10-11,13-16,20,22-23H,3-5,8-9,12H2,1-2H3,(H2,31,40)(H,33,38)(H2,32,34,35,36)/t15-,16+,20+,22+,23-/m0/s1. The second-order valence-corrected chi connectivity index (χ2v) is 11.5. The Hall–Kier alpha value is -4.06. The topological polar surface area (TPSA) is 161 Å². The van der Waals surface area contributed by atoms with Crippen LogP contribution in [0.15, 0.2) is 30.5 Å². The molecule has 0 saturated heterocycles. The van der Waals surface area contributed by atoms with Crippen LogP contribution in [0, 0.1) is 17.8 Å². The first-order valence-corrected chi connectivity index (χ1v) is 14.7. The van der Waals surface area contributed by atoms with Crippen LogP contribution in [0.25, 0.3) is 0 Å². The number of hydrogen-bond donors (Lipinski definition) is 4. The fourth-order valence-electron chi connectivity index (χ4n) is 6.33. The summed E-state index contributed by atoms with van der Waals surface area (Å²) in [5.74, 6) is 1.30. The van der Waals surface area contributed by atoms with Crippen molar-refractivity contribution in [3.8, 4) is 5.75 Å². The molecule has 1 aliphatic heterocycles. The summed E-state index contributed by atoms with van der Waals surface area (Å²) in [5, 5.41) is 9.86. The van der Waals surface area contributed by atoms with Crippen molar-refractivity contribution in [2.45, 2.75) is 57.2 Å². The number of nitrogens with two attached hydrogens (primary N) is 1. The van der Waals surface area contributed by atoms with E-state index in [-0.39, 0.29) is 41.6 Å². The molecule has 1 aromatic carbocycles. The quantitative estimate of drug-likeness (QED) is 0.318. The Morgan fingerprint density at radius 3 is 2.69 bits per heavy atom. The number of aromatic nitrogens is 2. The van der Waals surface area contributed by atoms with Gasteiger partial charge < -0.3 is 36.1 Å². The highest BCUT2D eigenvalue weighted by atomic mass is 35.5. The van der Waals surface area contributed by atoms with Crippen molar-refractivity contribution in [1.29, 1.82) is 0 Å². The molecule has 222 valence electrons. The number of anilines is 4. The molecule has 5 atom stereocenters. The maximum atomic E-state index is 13.4. The van der Waals surface area contributed by atoms with Gasteiger partial charge in [-0.2, -0.15) is 4.98 Å². The Bertz CT molecular complexity index is 1450. The lowest BCUT2D eigenvalue weighted by Gasteiger charge is -2.28. The van der Waals surface area contributed by atoms with Crippen LogP contribution < -0.4 is 31.3 Å². The second kappa shape index (κ2) is 11.3. The van der Waals surface area contributed by atoms with Crippen LogP contribution >= 0.6 is 11.6 Å². The van der Waals surface area contributed by atoms with Gasteiger partial charge >= 0.3 is 6.09 Å². The van der Waals surface area contributed by atoms with Crippen LogP contribution in [0.5, 0.6) is 5.75 Å². The van der Waals surface area contributed by atoms with E-state index in [9.17, 15) is 14.4 Å². The minimum absolute atomic E-state index is 0.0180. The van der Waals surface area contributed by atoms with E-state index in [1.54, 1.807) is 12.0 Å². The van der Waals surface area contributed by atoms with Crippen molar-refractivity contribution in [2.75, 3.05) is 29.2 Å². The Kier molecular flexibility index (Phi) is 7.56. The number of ether oxygens (including phenoxy) is 2. The third-order valence-electron chi connectivity index (χ3n) is 8.49. The van der Waals surface area contributed by atoms with Crippen LogP contribution in [0.4, 0.5) is 27.9 Å². The van der Waals surface area contributed by atoms with Crippen molar-refractivity contribution in [3.63, 3.8) is 0 Å². The second-order valence-electron chi connectivity index (χ2n) is 11.1. The minimum atomic E-state index is -0.820. The van der Waals surface area contributed by atoms with E-state index in [0.29, 0.717) is 41.7 Å². The van der Waals surface area contributed by atoms with E-state index >= 15 is 0 Å². The molecule has 0 unspecified atom stereocenters. The summed E-state index contributed by atoms with van der Waals surface area (Å²) in [5.41, 5.74) is 7.55. The van der Waals surface area contributed by atoms with Gasteiger partial charge in [-0.1, -0.05) is 23.8 Å². The van der Waals surface area contributed by atoms with Crippen LogP contribution in [0.2, 0.25) is 5.02 Å². The van der Waals surface area contributed by atoms with Gasteiger partial charge in [0.15, 0.2) is 5.82 Å².